The first-order chi connectivity index (χ1) is 19.0. The maximum atomic E-state index is 14.4. The highest BCUT2D eigenvalue weighted by atomic mass is 19.4. The van der Waals surface area contributed by atoms with Crippen LogP contribution in [0.5, 0.6) is 11.5 Å². The van der Waals surface area contributed by atoms with Crippen LogP contribution in [0.15, 0.2) is 54.6 Å². The predicted molar refractivity (Wildman–Crippen MR) is 141 cm³/mol. The van der Waals surface area contributed by atoms with Crippen LogP contribution < -0.4 is 14.8 Å². The lowest BCUT2D eigenvalue weighted by atomic mass is 9.79. The minimum absolute atomic E-state index is 0.00990. The van der Waals surface area contributed by atoms with Crippen LogP contribution in [0, 0.1) is 5.82 Å². The van der Waals surface area contributed by atoms with Gasteiger partial charge in [-0.25, -0.2) is 4.39 Å². The highest BCUT2D eigenvalue weighted by Gasteiger charge is 2.44. The van der Waals surface area contributed by atoms with E-state index >= 15 is 0 Å². The van der Waals surface area contributed by atoms with Crippen LogP contribution in [0.3, 0.4) is 0 Å². The van der Waals surface area contributed by atoms with Crippen molar-refractivity contribution >= 4 is 5.91 Å². The second-order valence-electron chi connectivity index (χ2n) is 9.86. The summed E-state index contributed by atoms with van der Waals surface area (Å²) in [6, 6.07) is 12.8. The van der Waals surface area contributed by atoms with E-state index < -0.39 is 35.9 Å². The van der Waals surface area contributed by atoms with Crippen molar-refractivity contribution in [2.45, 2.75) is 31.0 Å². The molecule has 1 amide bonds. The fourth-order valence-corrected chi connectivity index (χ4v) is 4.61. The molecule has 2 N–H and O–H groups in total. The lowest BCUT2D eigenvalue weighted by Crippen LogP contribution is -2.53. The van der Waals surface area contributed by atoms with Gasteiger partial charge < -0.3 is 19.9 Å². The summed E-state index contributed by atoms with van der Waals surface area (Å²) in [5.74, 6) is -2.82. The second-order valence-corrected chi connectivity index (χ2v) is 9.86. The number of amides is 1. The number of hydrogen-bond donors (Lipinski definition) is 2. The molecule has 0 spiro atoms. The van der Waals surface area contributed by atoms with Crippen molar-refractivity contribution in [3.63, 3.8) is 0 Å². The van der Waals surface area contributed by atoms with Gasteiger partial charge in [0.2, 0.25) is 0 Å². The minimum Gasteiger partial charge on any atom is -0.493 e. The summed E-state index contributed by atoms with van der Waals surface area (Å²) in [6.45, 7) is 1.79. The van der Waals surface area contributed by atoms with Gasteiger partial charge in [-0.15, -0.1) is 0 Å². The number of nitrogens with zero attached hydrogens (tertiary/aromatic N) is 2. The van der Waals surface area contributed by atoms with Crippen LogP contribution in [0.4, 0.5) is 17.6 Å². The number of hydrogen-bond acceptors (Lipinski definition) is 6. The van der Waals surface area contributed by atoms with Gasteiger partial charge in [0.15, 0.2) is 11.5 Å². The first kappa shape index (κ1) is 29.3. The normalized spacial score (nSPS) is 18.1. The number of aliphatic hydroxyl groups is 1. The predicted octanol–water partition coefficient (Wildman–Crippen LogP) is 4.89. The van der Waals surface area contributed by atoms with Crippen LogP contribution in [-0.2, 0) is 5.54 Å². The molecule has 1 aliphatic heterocycles. The molecule has 1 saturated heterocycles. The molecule has 40 heavy (non-hydrogen) atoms. The topological polar surface area (TPSA) is 83.9 Å². The molecule has 0 aliphatic carbocycles. The molecule has 3 aromatic rings. The molecule has 4 rings (SSSR count). The van der Waals surface area contributed by atoms with E-state index in [2.05, 4.69) is 10.3 Å². The Morgan fingerprint density at radius 1 is 1.15 bits per heavy atom. The molecule has 1 aliphatic rings. The van der Waals surface area contributed by atoms with Crippen molar-refractivity contribution in [3.8, 4) is 22.8 Å². The van der Waals surface area contributed by atoms with Crippen molar-refractivity contribution in [1.82, 2.24) is 15.2 Å². The average Bonchev–Trinajstić information content (AvgIpc) is 2.94. The van der Waals surface area contributed by atoms with Gasteiger partial charge in [-0.2, -0.15) is 13.2 Å². The molecule has 2 atom stereocenters. The maximum absolute atomic E-state index is 14.4. The summed E-state index contributed by atoms with van der Waals surface area (Å²) < 4.78 is 67.4. The van der Waals surface area contributed by atoms with E-state index in [9.17, 15) is 22.4 Å². The summed E-state index contributed by atoms with van der Waals surface area (Å²) >= 11 is 0. The number of likely N-dealkylation sites (tertiary alicyclic amines) is 1. The third-order valence-corrected chi connectivity index (χ3v) is 7.38. The number of nitrogens with one attached hydrogen (secondary N) is 1. The van der Waals surface area contributed by atoms with Gasteiger partial charge >= 0.3 is 6.18 Å². The number of ether oxygens (including phenoxy) is 2. The number of pyridine rings is 1. The largest absolute Gasteiger partial charge is 0.493 e. The number of rotatable bonds is 10. The summed E-state index contributed by atoms with van der Waals surface area (Å²) in [5, 5.41) is 11.3. The van der Waals surface area contributed by atoms with E-state index in [-0.39, 0.29) is 41.7 Å². The Morgan fingerprint density at radius 2 is 1.88 bits per heavy atom. The summed E-state index contributed by atoms with van der Waals surface area (Å²) in [7, 11) is 3.26. The molecule has 1 unspecified atom stereocenters. The van der Waals surface area contributed by atoms with E-state index in [1.807, 2.05) is 18.9 Å². The van der Waals surface area contributed by atoms with Crippen LogP contribution in [-0.4, -0.2) is 67.5 Å². The van der Waals surface area contributed by atoms with Crippen molar-refractivity contribution < 1.29 is 36.9 Å². The number of benzene rings is 2. The number of halogens is 4. The fourth-order valence-electron chi connectivity index (χ4n) is 4.61. The van der Waals surface area contributed by atoms with Crippen LogP contribution in [0.1, 0.15) is 40.9 Å². The Labute approximate surface area is 229 Å². The third-order valence-electron chi connectivity index (χ3n) is 7.38. The highest BCUT2D eigenvalue weighted by Crippen LogP contribution is 2.42. The van der Waals surface area contributed by atoms with Gasteiger partial charge in [0.1, 0.15) is 18.3 Å². The number of carbonyl (C=O) groups is 1. The summed E-state index contributed by atoms with van der Waals surface area (Å²) in [4.78, 5) is 19.3. The molecule has 0 radical (unpaired) electrons. The molecular formula is C29H31F4N3O4. The van der Waals surface area contributed by atoms with Crippen LogP contribution >= 0.6 is 0 Å². The monoisotopic (exact) mass is 561 g/mol. The Hall–Kier alpha value is -3.70. The van der Waals surface area contributed by atoms with Crippen LogP contribution in [0.2, 0.25) is 0 Å². The number of aromatic nitrogens is 1. The first-order valence-electron chi connectivity index (χ1n) is 12.7. The second kappa shape index (κ2) is 11.8. The van der Waals surface area contributed by atoms with E-state index in [0.29, 0.717) is 11.1 Å². The molecule has 214 valence electrons. The molecular weight excluding hydrogens is 530 g/mol. The highest BCUT2D eigenvalue weighted by molar-refractivity contribution is 5.95. The zero-order chi connectivity index (χ0) is 29.1. The van der Waals surface area contributed by atoms with Gasteiger partial charge in [-0.1, -0.05) is 0 Å². The standard InChI is InChI=1S/C29H31F4N3O4/c1-28(10-11-36(28)2)20-15-23(18-4-7-21(30)8-5-18)35-24(16-20)22(29(31,32)33)17-34-27(38)19-6-9-25(40-13-12-37)26(14-19)39-3/h4-9,14-16,22,37H,10-13,17H2,1-3H3,(H,34,38)/t22?,28-/m0/s1. The SMILES string of the molecule is COc1cc(C(=O)NCC(c2cc([C@]3(C)CCN3C)cc(-c3ccc(F)cc3)n2)C(F)(F)F)ccc1OCCO. The molecule has 1 aromatic heterocycles. The number of methoxy groups -OCH3 is 1. The quantitative estimate of drug-likeness (QED) is 0.343. The summed E-state index contributed by atoms with van der Waals surface area (Å²) in [6.07, 6.45) is -3.96. The number of aliphatic hydroxyl groups excluding tert-OH is 1. The molecule has 7 nitrogen and oxygen atoms in total. The van der Waals surface area contributed by atoms with Gasteiger partial charge in [0.05, 0.1) is 25.1 Å². The molecule has 2 heterocycles. The van der Waals surface area contributed by atoms with Gasteiger partial charge in [0.25, 0.3) is 5.91 Å². The van der Waals surface area contributed by atoms with E-state index in [1.165, 1.54) is 55.6 Å². The Kier molecular flexibility index (Phi) is 8.65. The zero-order valence-corrected chi connectivity index (χ0v) is 22.4. The lowest BCUT2D eigenvalue weighted by molar-refractivity contribution is -0.149. The van der Waals surface area contributed by atoms with Gasteiger partial charge in [-0.3, -0.25) is 14.7 Å². The minimum atomic E-state index is -4.72. The third kappa shape index (κ3) is 6.20. The Balaban J connectivity index is 1.65. The van der Waals surface area contributed by atoms with Crippen molar-refractivity contribution in [2.24, 2.45) is 0 Å². The molecule has 0 saturated carbocycles. The van der Waals surface area contributed by atoms with Crippen LogP contribution in [0.25, 0.3) is 11.3 Å². The van der Waals surface area contributed by atoms with Crippen molar-refractivity contribution in [1.29, 1.82) is 0 Å². The average molecular weight is 562 g/mol. The van der Waals surface area contributed by atoms with Gasteiger partial charge in [0, 0.05) is 29.8 Å². The number of alkyl halides is 3. The molecule has 1 fully saturated rings. The molecule has 11 heteroatoms. The summed E-state index contributed by atoms with van der Waals surface area (Å²) in [5.41, 5.74) is 0.785. The fraction of sp³-hybridized carbons (Fsp3) is 0.379. The van der Waals surface area contributed by atoms with Crippen molar-refractivity contribution in [2.75, 3.05) is 40.5 Å². The van der Waals surface area contributed by atoms with E-state index in [1.54, 1.807) is 6.07 Å². The zero-order valence-electron chi connectivity index (χ0n) is 22.4. The van der Waals surface area contributed by atoms with Crippen molar-refractivity contribution in [3.05, 3.63) is 77.2 Å². The smallest absolute Gasteiger partial charge is 0.398 e. The maximum Gasteiger partial charge on any atom is 0.398 e. The Morgan fingerprint density at radius 3 is 2.45 bits per heavy atom. The molecule has 2 aromatic carbocycles. The first-order valence-corrected chi connectivity index (χ1v) is 12.7. The van der Waals surface area contributed by atoms with E-state index in [4.69, 9.17) is 14.6 Å². The van der Waals surface area contributed by atoms with Gasteiger partial charge in [-0.05, 0) is 80.6 Å². The lowest BCUT2D eigenvalue weighted by Gasteiger charge is -2.49. The number of carbonyl (C=O) groups excluding carboxylic acids is 1. The molecule has 0 bridgehead atoms. The van der Waals surface area contributed by atoms with E-state index in [0.717, 1.165) is 13.0 Å². The Bertz CT molecular complexity index is 1350.